The van der Waals surface area contributed by atoms with E-state index in [9.17, 15) is 10.2 Å². The summed E-state index contributed by atoms with van der Waals surface area (Å²) in [6.07, 6.45) is 3.02. The second-order valence-electron chi connectivity index (χ2n) is 7.99. The van der Waals surface area contributed by atoms with E-state index in [1.54, 1.807) is 0 Å². The summed E-state index contributed by atoms with van der Waals surface area (Å²) in [6.45, 7) is 7.30. The maximum Gasteiger partial charge on any atom is 0.161 e. The summed E-state index contributed by atoms with van der Waals surface area (Å²) in [6, 6.07) is 12.6. The zero-order chi connectivity index (χ0) is 24.2. The molecule has 0 bridgehead atoms. The molecule has 6 heteroatoms. The van der Waals surface area contributed by atoms with Gasteiger partial charge in [0.2, 0.25) is 0 Å². The number of aliphatic hydroxyl groups excluding tert-OH is 3. The molecule has 2 aromatic rings. The first-order valence-corrected chi connectivity index (χ1v) is 12.1. The van der Waals surface area contributed by atoms with Gasteiger partial charge in [0.1, 0.15) is 13.2 Å². The molecule has 2 aromatic carbocycles. The van der Waals surface area contributed by atoms with Gasteiger partial charge in [0.05, 0.1) is 24.9 Å². The highest BCUT2D eigenvalue weighted by molar-refractivity contribution is 5.46. The molecular weight excluding hydrogens is 420 g/mol. The molecule has 1 fully saturated rings. The molecule has 0 amide bonds. The average Bonchev–Trinajstić information content (AvgIpc) is 2.87. The standard InChI is InChI=1S/C24H30O5.C2H6.CH4O/c1-2-3-17-5-6-18(23-14-20(26)13-21(15-25)29-23)12-19(17)10-16-4-7-22-24(11-16)28-9-8-27-22;2*1-2/h4-7,11-12,20-21,23,25-26H,2-3,8-10,13-15H2,1H3;1-2H3;2H,1H3. The number of hydrogen-bond acceptors (Lipinski definition) is 6. The van der Waals surface area contributed by atoms with E-state index >= 15 is 0 Å². The maximum absolute atomic E-state index is 10.2. The summed E-state index contributed by atoms with van der Waals surface area (Å²) >= 11 is 0. The monoisotopic (exact) mass is 460 g/mol. The molecule has 0 radical (unpaired) electrons. The molecule has 0 aliphatic carbocycles. The second kappa shape index (κ2) is 14.2. The third kappa shape index (κ3) is 7.44. The van der Waals surface area contributed by atoms with Gasteiger partial charge in [-0.1, -0.05) is 51.5 Å². The molecule has 2 aliphatic rings. The van der Waals surface area contributed by atoms with Crippen molar-refractivity contribution in [2.24, 2.45) is 0 Å². The van der Waals surface area contributed by atoms with Crippen LogP contribution in [0.2, 0.25) is 0 Å². The number of rotatable bonds is 6. The van der Waals surface area contributed by atoms with Crippen LogP contribution in [0.5, 0.6) is 11.5 Å². The minimum atomic E-state index is -0.442. The lowest BCUT2D eigenvalue weighted by atomic mass is 9.90. The van der Waals surface area contributed by atoms with E-state index in [-0.39, 0.29) is 18.8 Å². The molecule has 4 rings (SSSR count). The Balaban J connectivity index is 0.000000914. The van der Waals surface area contributed by atoms with Gasteiger partial charge in [0.25, 0.3) is 0 Å². The number of benzene rings is 2. The summed E-state index contributed by atoms with van der Waals surface area (Å²) in [5.41, 5.74) is 4.85. The van der Waals surface area contributed by atoms with Crippen LogP contribution in [0.1, 0.15) is 68.4 Å². The van der Waals surface area contributed by atoms with E-state index < -0.39 is 6.10 Å². The molecular formula is C27H40O6. The van der Waals surface area contributed by atoms with Crippen LogP contribution in [0.4, 0.5) is 0 Å². The van der Waals surface area contributed by atoms with Crippen molar-refractivity contribution in [2.45, 2.75) is 71.2 Å². The Morgan fingerprint density at radius 2 is 1.64 bits per heavy atom. The number of hydrogen-bond donors (Lipinski definition) is 3. The number of aliphatic hydroxyl groups is 3. The fourth-order valence-electron chi connectivity index (χ4n) is 4.26. The van der Waals surface area contributed by atoms with E-state index in [1.165, 1.54) is 16.7 Å². The van der Waals surface area contributed by atoms with Gasteiger partial charge in [0, 0.05) is 20.0 Å². The van der Waals surface area contributed by atoms with Crippen molar-refractivity contribution in [3.05, 3.63) is 58.7 Å². The molecule has 1 saturated heterocycles. The molecule has 6 nitrogen and oxygen atoms in total. The van der Waals surface area contributed by atoms with Crippen molar-refractivity contribution < 1.29 is 29.5 Å². The highest BCUT2D eigenvalue weighted by atomic mass is 16.6. The molecule has 2 aliphatic heterocycles. The lowest BCUT2D eigenvalue weighted by Gasteiger charge is -2.33. The Labute approximate surface area is 198 Å². The largest absolute Gasteiger partial charge is 0.486 e. The third-order valence-electron chi connectivity index (χ3n) is 5.70. The Morgan fingerprint density at radius 3 is 2.33 bits per heavy atom. The molecule has 3 unspecified atom stereocenters. The van der Waals surface area contributed by atoms with Crippen molar-refractivity contribution in [1.82, 2.24) is 0 Å². The smallest absolute Gasteiger partial charge is 0.161 e. The molecule has 0 aromatic heterocycles. The Bertz CT molecular complexity index is 837. The highest BCUT2D eigenvalue weighted by Crippen LogP contribution is 2.35. The predicted octanol–water partition coefficient (Wildman–Crippen LogP) is 4.21. The molecule has 184 valence electrons. The molecule has 0 saturated carbocycles. The van der Waals surface area contributed by atoms with E-state index in [1.807, 2.05) is 19.9 Å². The molecule has 0 spiro atoms. The third-order valence-corrected chi connectivity index (χ3v) is 5.70. The topological polar surface area (TPSA) is 88.4 Å². The summed E-state index contributed by atoms with van der Waals surface area (Å²) in [5.74, 6) is 1.62. The first kappa shape index (κ1) is 27.1. The van der Waals surface area contributed by atoms with Gasteiger partial charge >= 0.3 is 0 Å². The number of fused-ring (bicyclic) bond motifs is 1. The summed E-state index contributed by atoms with van der Waals surface area (Å²) < 4.78 is 17.4. The van der Waals surface area contributed by atoms with Crippen LogP contribution in [-0.4, -0.2) is 54.5 Å². The molecule has 33 heavy (non-hydrogen) atoms. The lowest BCUT2D eigenvalue weighted by Crippen LogP contribution is -2.33. The van der Waals surface area contributed by atoms with Crippen LogP contribution in [-0.2, 0) is 17.6 Å². The van der Waals surface area contributed by atoms with Crippen molar-refractivity contribution in [3.63, 3.8) is 0 Å². The lowest BCUT2D eigenvalue weighted by molar-refractivity contribution is -0.113. The fourth-order valence-corrected chi connectivity index (χ4v) is 4.26. The SMILES string of the molecule is CC.CCCc1ccc(C2CC(O)CC(CO)O2)cc1Cc1ccc2c(c1)OCCO2.CO. The first-order valence-electron chi connectivity index (χ1n) is 12.1. The van der Waals surface area contributed by atoms with Crippen LogP contribution >= 0.6 is 0 Å². The van der Waals surface area contributed by atoms with Crippen LogP contribution in [0.3, 0.4) is 0 Å². The zero-order valence-corrected chi connectivity index (χ0v) is 20.4. The maximum atomic E-state index is 10.2. The van der Waals surface area contributed by atoms with Crippen molar-refractivity contribution in [1.29, 1.82) is 0 Å². The number of ether oxygens (including phenoxy) is 3. The van der Waals surface area contributed by atoms with Crippen molar-refractivity contribution in [3.8, 4) is 11.5 Å². The van der Waals surface area contributed by atoms with Crippen LogP contribution < -0.4 is 9.47 Å². The van der Waals surface area contributed by atoms with Gasteiger partial charge in [-0.25, -0.2) is 0 Å². The number of aryl methyl sites for hydroxylation is 1. The average molecular weight is 461 g/mol. The second-order valence-corrected chi connectivity index (χ2v) is 7.99. The summed E-state index contributed by atoms with van der Waals surface area (Å²) in [4.78, 5) is 0. The Hall–Kier alpha value is -2.12. The van der Waals surface area contributed by atoms with Crippen LogP contribution in [0, 0.1) is 0 Å². The van der Waals surface area contributed by atoms with E-state index in [4.69, 9.17) is 19.3 Å². The van der Waals surface area contributed by atoms with Gasteiger partial charge in [0.15, 0.2) is 11.5 Å². The van der Waals surface area contributed by atoms with Gasteiger partial charge in [-0.2, -0.15) is 0 Å². The molecule has 2 heterocycles. The molecule has 3 N–H and O–H groups in total. The minimum Gasteiger partial charge on any atom is -0.486 e. The quantitative estimate of drug-likeness (QED) is 0.599. The minimum absolute atomic E-state index is 0.0640. The van der Waals surface area contributed by atoms with E-state index in [0.717, 1.165) is 43.4 Å². The van der Waals surface area contributed by atoms with Gasteiger partial charge < -0.3 is 29.5 Å². The highest BCUT2D eigenvalue weighted by Gasteiger charge is 2.29. The van der Waals surface area contributed by atoms with Crippen molar-refractivity contribution >= 4 is 0 Å². The Kier molecular flexibility index (Phi) is 11.7. The predicted molar refractivity (Wildman–Crippen MR) is 130 cm³/mol. The normalized spacial score (nSPS) is 21.2. The van der Waals surface area contributed by atoms with Gasteiger partial charge in [-0.3, -0.25) is 0 Å². The van der Waals surface area contributed by atoms with E-state index in [2.05, 4.69) is 37.3 Å². The van der Waals surface area contributed by atoms with Crippen LogP contribution in [0.25, 0.3) is 0 Å². The van der Waals surface area contributed by atoms with Gasteiger partial charge in [-0.15, -0.1) is 0 Å². The zero-order valence-electron chi connectivity index (χ0n) is 20.4. The van der Waals surface area contributed by atoms with Gasteiger partial charge in [-0.05, 0) is 47.2 Å². The van der Waals surface area contributed by atoms with Crippen molar-refractivity contribution in [2.75, 3.05) is 26.9 Å². The first-order chi connectivity index (χ1) is 16.2. The summed E-state index contributed by atoms with van der Waals surface area (Å²) in [7, 11) is 1.00. The van der Waals surface area contributed by atoms with E-state index in [0.29, 0.717) is 26.1 Å². The summed E-state index contributed by atoms with van der Waals surface area (Å²) in [5, 5.41) is 26.7. The van der Waals surface area contributed by atoms with Crippen LogP contribution in [0.15, 0.2) is 36.4 Å². The Morgan fingerprint density at radius 1 is 0.909 bits per heavy atom. The molecule has 3 atom stereocenters. The fraction of sp³-hybridized carbons (Fsp3) is 0.556.